The molecule has 0 fully saturated rings. The van der Waals surface area contributed by atoms with Crippen molar-refractivity contribution < 1.29 is 109 Å². The first-order valence-corrected chi connectivity index (χ1v) is 12.5. The summed E-state index contributed by atoms with van der Waals surface area (Å²) in [5.74, 6) is 0. The maximum absolute atomic E-state index is 13.7. The van der Waals surface area contributed by atoms with E-state index in [1.807, 2.05) is 0 Å². The predicted octanol–water partition coefficient (Wildman–Crippen LogP) is -5.37. The fourth-order valence-electron chi connectivity index (χ4n) is 2.89. The summed E-state index contributed by atoms with van der Waals surface area (Å²) in [7, 11) is -12.0. The van der Waals surface area contributed by atoms with Gasteiger partial charge in [0.25, 0.3) is 0 Å². The second-order valence-corrected chi connectivity index (χ2v) is 11.2. The second kappa shape index (κ2) is 14.0. The molecule has 16 heteroatoms. The third-order valence-corrected chi connectivity index (χ3v) is 8.30. The van der Waals surface area contributed by atoms with Crippen molar-refractivity contribution in [3.63, 3.8) is 0 Å². The molecule has 0 heterocycles. The van der Waals surface area contributed by atoms with E-state index < -0.39 is 49.7 Å². The third kappa shape index (κ3) is 9.15. The number of hydrogen-bond donors (Lipinski definition) is 0. The summed E-state index contributed by atoms with van der Waals surface area (Å²) in [6, 6.07) is 13.6. The van der Waals surface area contributed by atoms with Gasteiger partial charge in [0, 0.05) is 0 Å². The van der Waals surface area contributed by atoms with Crippen LogP contribution in [0.15, 0.2) is 82.6 Å². The van der Waals surface area contributed by atoms with Gasteiger partial charge in [-0.2, -0.15) is 13.2 Å². The van der Waals surface area contributed by atoms with Gasteiger partial charge in [-0.1, -0.05) is 42.5 Å². The Balaban J connectivity index is 0. The average Bonchev–Trinajstić information content (AvgIpc) is 2.67. The van der Waals surface area contributed by atoms with Crippen LogP contribution in [-0.2, 0) is 26.4 Å². The van der Waals surface area contributed by atoms with Gasteiger partial charge in [0.2, 0.25) is 0 Å². The van der Waals surface area contributed by atoms with Gasteiger partial charge in [0.1, 0.15) is 20.2 Å². The molecule has 0 aliphatic rings. The minimum absolute atomic E-state index is 0. The summed E-state index contributed by atoms with van der Waals surface area (Å²) in [4.78, 5) is -1.29. The minimum Gasteiger partial charge on any atom is -0.744 e. The smallest absolute Gasteiger partial charge is 0.744 e. The summed E-state index contributed by atoms with van der Waals surface area (Å²) in [6.45, 7) is 0. The first-order valence-electron chi connectivity index (χ1n) is 8.37. The zero-order valence-corrected chi connectivity index (χ0v) is 24.8. The molecule has 0 atom stereocenters. The van der Waals surface area contributed by atoms with Gasteiger partial charge >= 0.3 is 65.3 Å². The molecule has 3 aromatic rings. The summed E-state index contributed by atoms with van der Waals surface area (Å²) in [6.07, 6.45) is -4.76. The molecular weight excluding hydrogens is 554 g/mol. The normalized spacial score (nSPS) is 11.4. The van der Waals surface area contributed by atoms with E-state index in [1.54, 1.807) is 0 Å². The third-order valence-electron chi connectivity index (χ3n) is 4.18. The molecule has 0 unspecified atom stereocenters. The van der Waals surface area contributed by atoms with E-state index in [1.165, 1.54) is 42.5 Å². The molecule has 0 saturated heterocycles. The van der Waals surface area contributed by atoms with Gasteiger partial charge in [-0.3, -0.25) is 0 Å². The molecule has 8 nitrogen and oxygen atoms in total. The van der Waals surface area contributed by atoms with Crippen molar-refractivity contribution in [2.75, 3.05) is 0 Å². The summed E-state index contributed by atoms with van der Waals surface area (Å²) < 4.78 is 110. The van der Waals surface area contributed by atoms with Crippen molar-refractivity contribution in [1.82, 2.24) is 0 Å². The van der Waals surface area contributed by atoms with E-state index in [0.29, 0.717) is 0 Å². The number of benzene rings is 3. The standard InChI is InChI=1S/C19H14F3O6PS2.2Na.2H2O/c20-19(21,22)17-9-1-2-10-18(17)29(13-5-3-7-15(11-13)30(23,24)25)14-6-4-8-16(12-14)31(26,27)28;;;;/h1-12H,(H,23,24,25)(H,26,27,28);;;2*1H2/q;2*+1;;/p-2. The van der Waals surface area contributed by atoms with E-state index >= 15 is 0 Å². The Bertz CT molecular complexity index is 1280. The Kier molecular flexibility index (Phi) is 14.7. The fourth-order valence-corrected chi connectivity index (χ4v) is 6.64. The molecule has 3 aromatic carbocycles. The molecule has 0 aliphatic carbocycles. The largest absolute Gasteiger partial charge is 1.00 e. The van der Waals surface area contributed by atoms with Crippen LogP contribution < -0.4 is 75.0 Å². The molecule has 0 radical (unpaired) electrons. The molecule has 0 aliphatic heterocycles. The van der Waals surface area contributed by atoms with Crippen LogP contribution in [0.25, 0.3) is 0 Å². The van der Waals surface area contributed by atoms with Crippen LogP contribution in [0.4, 0.5) is 13.2 Å². The van der Waals surface area contributed by atoms with Gasteiger partial charge in [0.05, 0.1) is 15.4 Å². The zero-order chi connectivity index (χ0) is 23.0. The van der Waals surface area contributed by atoms with Crippen LogP contribution >= 0.6 is 7.92 Å². The topological polar surface area (TPSA) is 177 Å². The van der Waals surface area contributed by atoms with E-state index in [9.17, 15) is 39.1 Å². The molecular formula is C19H16F3Na2O8PS2. The molecule has 0 saturated carbocycles. The summed E-state index contributed by atoms with van der Waals surface area (Å²) in [5, 5.41) is -0.126. The van der Waals surface area contributed by atoms with Crippen LogP contribution in [-0.4, -0.2) is 36.9 Å². The van der Waals surface area contributed by atoms with Crippen molar-refractivity contribution in [2.24, 2.45) is 0 Å². The van der Waals surface area contributed by atoms with Gasteiger partial charge < -0.3 is 20.1 Å². The van der Waals surface area contributed by atoms with Crippen molar-refractivity contribution in [1.29, 1.82) is 0 Å². The quantitative estimate of drug-likeness (QED) is 0.168. The SMILES string of the molecule is O.O.O=S(=O)([O-])c1cccc(P(c2cccc(S(=O)(=O)[O-])c2)c2ccccc2C(F)(F)F)c1.[Na+].[Na+]. The van der Waals surface area contributed by atoms with Crippen LogP contribution in [0, 0.1) is 0 Å². The Hall–Kier alpha value is -0.380. The van der Waals surface area contributed by atoms with E-state index in [0.717, 1.165) is 30.3 Å². The molecule has 35 heavy (non-hydrogen) atoms. The Labute approximate surface area is 245 Å². The monoisotopic (exact) mass is 570 g/mol. The van der Waals surface area contributed by atoms with Crippen LogP contribution in [0.1, 0.15) is 5.56 Å². The predicted molar refractivity (Wildman–Crippen MR) is 113 cm³/mol. The van der Waals surface area contributed by atoms with Crippen molar-refractivity contribution in [3.8, 4) is 0 Å². The van der Waals surface area contributed by atoms with Crippen LogP contribution in [0.3, 0.4) is 0 Å². The van der Waals surface area contributed by atoms with Crippen molar-refractivity contribution in [3.05, 3.63) is 78.4 Å². The van der Waals surface area contributed by atoms with E-state index in [-0.39, 0.29) is 86.0 Å². The molecule has 4 N–H and O–H groups in total. The Morgan fingerprint density at radius 3 is 1.43 bits per heavy atom. The number of alkyl halides is 3. The fraction of sp³-hybridized carbons (Fsp3) is 0.0526. The van der Waals surface area contributed by atoms with Gasteiger partial charge in [-0.05, 0) is 54.2 Å². The first-order chi connectivity index (χ1) is 14.3. The van der Waals surface area contributed by atoms with E-state index in [2.05, 4.69) is 0 Å². The zero-order valence-electron chi connectivity index (χ0n) is 18.3. The number of hydrogen-bond acceptors (Lipinski definition) is 6. The molecule has 3 rings (SSSR count). The van der Waals surface area contributed by atoms with Crippen LogP contribution in [0.5, 0.6) is 0 Å². The maximum Gasteiger partial charge on any atom is 1.00 e. The molecule has 0 amide bonds. The summed E-state index contributed by atoms with van der Waals surface area (Å²) >= 11 is 0. The summed E-state index contributed by atoms with van der Waals surface area (Å²) in [5.41, 5.74) is -1.01. The number of halogens is 3. The maximum atomic E-state index is 13.7. The van der Waals surface area contributed by atoms with Gasteiger partial charge in [-0.15, -0.1) is 0 Å². The Morgan fingerprint density at radius 1 is 0.657 bits per heavy atom. The van der Waals surface area contributed by atoms with Crippen molar-refractivity contribution in [2.45, 2.75) is 16.0 Å². The number of rotatable bonds is 5. The van der Waals surface area contributed by atoms with E-state index in [4.69, 9.17) is 0 Å². The Morgan fingerprint density at radius 2 is 1.06 bits per heavy atom. The average molecular weight is 570 g/mol. The van der Waals surface area contributed by atoms with Gasteiger partial charge in [0.15, 0.2) is 0 Å². The minimum atomic E-state index is -4.90. The second-order valence-electron chi connectivity index (χ2n) is 6.25. The molecule has 180 valence electrons. The molecule has 0 spiro atoms. The molecule has 0 aromatic heterocycles. The molecule has 0 bridgehead atoms. The van der Waals surface area contributed by atoms with Gasteiger partial charge in [-0.25, -0.2) is 16.8 Å². The van der Waals surface area contributed by atoms with Crippen molar-refractivity contribution >= 4 is 44.1 Å². The van der Waals surface area contributed by atoms with Crippen LogP contribution in [0.2, 0.25) is 0 Å². The first kappa shape index (κ1) is 36.8.